The summed E-state index contributed by atoms with van der Waals surface area (Å²) in [4.78, 5) is 11.4. The van der Waals surface area contributed by atoms with E-state index in [4.69, 9.17) is 4.74 Å². The summed E-state index contributed by atoms with van der Waals surface area (Å²) in [5.41, 5.74) is -0.758. The number of carbonyl (C=O) groups is 1. The Bertz CT molecular complexity index is 277. The second-order valence-corrected chi connectivity index (χ2v) is 5.24. The highest BCUT2D eigenvalue weighted by Crippen LogP contribution is 2.41. The molecule has 3 atom stereocenters. The number of hydrogen-bond acceptors (Lipinski definition) is 3. The van der Waals surface area contributed by atoms with Gasteiger partial charge in [-0.25, -0.2) is 0 Å². The maximum absolute atomic E-state index is 11.4. The Morgan fingerprint density at radius 1 is 1.38 bits per heavy atom. The van der Waals surface area contributed by atoms with Crippen LogP contribution in [0.15, 0.2) is 0 Å². The molecule has 2 aliphatic carbocycles. The van der Waals surface area contributed by atoms with Gasteiger partial charge in [0.25, 0.3) is 0 Å². The molecule has 2 N–H and O–H groups in total. The molecule has 2 aliphatic rings. The van der Waals surface area contributed by atoms with Crippen LogP contribution in [0.25, 0.3) is 0 Å². The fraction of sp³-hybridized carbons (Fsp3) is 0.917. The van der Waals surface area contributed by atoms with Gasteiger partial charge in [-0.2, -0.15) is 0 Å². The highest BCUT2D eigenvalue weighted by atomic mass is 16.5. The molecule has 0 bridgehead atoms. The first-order valence-electron chi connectivity index (χ1n) is 6.12. The Hall–Kier alpha value is -0.610. The van der Waals surface area contributed by atoms with Crippen LogP contribution in [0.4, 0.5) is 0 Å². The predicted octanol–water partition coefficient (Wildman–Crippen LogP) is 1.40. The van der Waals surface area contributed by atoms with Gasteiger partial charge in [-0.15, -0.1) is 0 Å². The van der Waals surface area contributed by atoms with E-state index in [2.05, 4.69) is 5.32 Å². The van der Waals surface area contributed by atoms with Gasteiger partial charge in [-0.1, -0.05) is 0 Å². The normalized spacial score (nSPS) is 33.6. The van der Waals surface area contributed by atoms with Gasteiger partial charge >= 0.3 is 5.97 Å². The van der Waals surface area contributed by atoms with E-state index in [9.17, 15) is 9.90 Å². The van der Waals surface area contributed by atoms with E-state index in [1.54, 1.807) is 7.11 Å². The SMILES string of the molecule is COC1CCCC1NC(C)(C(=O)O)C1CC1. The number of rotatable bonds is 5. The van der Waals surface area contributed by atoms with Crippen LogP contribution in [0.1, 0.15) is 39.0 Å². The third-order valence-corrected chi connectivity index (χ3v) is 4.08. The molecule has 4 heteroatoms. The number of nitrogens with one attached hydrogen (secondary N) is 1. The molecule has 4 nitrogen and oxygen atoms in total. The summed E-state index contributed by atoms with van der Waals surface area (Å²) in [6.45, 7) is 1.82. The van der Waals surface area contributed by atoms with Crippen LogP contribution in [-0.2, 0) is 9.53 Å². The lowest BCUT2D eigenvalue weighted by atomic mass is 9.94. The molecule has 0 heterocycles. The van der Waals surface area contributed by atoms with Crippen molar-refractivity contribution in [3.05, 3.63) is 0 Å². The summed E-state index contributed by atoms with van der Waals surface area (Å²) in [6, 6.07) is 0.201. The molecule has 0 aromatic heterocycles. The number of aliphatic carboxylic acids is 1. The molecule has 0 saturated heterocycles. The van der Waals surface area contributed by atoms with E-state index in [-0.39, 0.29) is 12.1 Å². The Balaban J connectivity index is 2.02. The topological polar surface area (TPSA) is 58.6 Å². The number of methoxy groups -OCH3 is 1. The lowest BCUT2D eigenvalue weighted by molar-refractivity contribution is -0.145. The largest absolute Gasteiger partial charge is 0.480 e. The minimum Gasteiger partial charge on any atom is -0.480 e. The summed E-state index contributed by atoms with van der Waals surface area (Å²) in [6.07, 6.45) is 5.41. The summed E-state index contributed by atoms with van der Waals surface area (Å²) in [5, 5.41) is 12.7. The predicted molar refractivity (Wildman–Crippen MR) is 60.3 cm³/mol. The first kappa shape index (κ1) is 11.9. The zero-order chi connectivity index (χ0) is 11.8. The van der Waals surface area contributed by atoms with Gasteiger partial charge in [-0.3, -0.25) is 10.1 Å². The molecule has 2 fully saturated rings. The summed E-state index contributed by atoms with van der Waals surface area (Å²) >= 11 is 0. The zero-order valence-corrected chi connectivity index (χ0v) is 10.0. The molecular weight excluding hydrogens is 206 g/mol. The highest BCUT2D eigenvalue weighted by molar-refractivity contribution is 5.79. The minimum atomic E-state index is -0.758. The van der Waals surface area contributed by atoms with E-state index in [1.165, 1.54) is 0 Å². The van der Waals surface area contributed by atoms with Crippen LogP contribution in [0.2, 0.25) is 0 Å². The molecule has 16 heavy (non-hydrogen) atoms. The highest BCUT2D eigenvalue weighted by Gasteiger charge is 2.49. The summed E-state index contributed by atoms with van der Waals surface area (Å²) in [7, 11) is 1.71. The number of hydrogen-bond donors (Lipinski definition) is 2. The second kappa shape index (κ2) is 4.34. The standard InChI is InChI=1S/C12H21NO3/c1-12(11(14)15,8-6-7-8)13-9-4-3-5-10(9)16-2/h8-10,13H,3-7H2,1-2H3,(H,14,15). The van der Waals surface area contributed by atoms with Crippen LogP contribution in [-0.4, -0.2) is 35.9 Å². The van der Waals surface area contributed by atoms with E-state index < -0.39 is 11.5 Å². The number of carboxylic acid groups (broad SMARTS) is 1. The van der Waals surface area contributed by atoms with Crippen molar-refractivity contribution in [2.45, 2.75) is 56.7 Å². The zero-order valence-electron chi connectivity index (χ0n) is 10.0. The lowest BCUT2D eigenvalue weighted by Gasteiger charge is -2.32. The van der Waals surface area contributed by atoms with Crippen LogP contribution in [0, 0.1) is 5.92 Å². The van der Waals surface area contributed by atoms with Crippen LogP contribution >= 0.6 is 0 Å². The third-order valence-electron chi connectivity index (χ3n) is 4.08. The van der Waals surface area contributed by atoms with Crippen molar-refractivity contribution in [1.82, 2.24) is 5.32 Å². The third kappa shape index (κ3) is 2.09. The van der Waals surface area contributed by atoms with Crippen molar-refractivity contribution in [3.63, 3.8) is 0 Å². The molecule has 0 aliphatic heterocycles. The van der Waals surface area contributed by atoms with Gasteiger partial charge in [0.15, 0.2) is 0 Å². The van der Waals surface area contributed by atoms with Gasteiger partial charge in [-0.05, 0) is 44.9 Å². The van der Waals surface area contributed by atoms with Crippen LogP contribution in [0.3, 0.4) is 0 Å². The van der Waals surface area contributed by atoms with Gasteiger partial charge < -0.3 is 9.84 Å². The molecule has 0 spiro atoms. The molecule has 0 amide bonds. The molecule has 92 valence electrons. The number of ether oxygens (including phenoxy) is 1. The first-order valence-corrected chi connectivity index (χ1v) is 6.12. The Labute approximate surface area is 96.4 Å². The van der Waals surface area contributed by atoms with Gasteiger partial charge in [0, 0.05) is 13.2 Å². The molecule has 2 rings (SSSR count). The van der Waals surface area contributed by atoms with Gasteiger partial charge in [0.1, 0.15) is 5.54 Å². The van der Waals surface area contributed by atoms with E-state index in [1.807, 2.05) is 6.92 Å². The Kier molecular flexibility index (Phi) is 3.22. The van der Waals surface area contributed by atoms with E-state index >= 15 is 0 Å². The quantitative estimate of drug-likeness (QED) is 0.745. The Morgan fingerprint density at radius 3 is 2.56 bits per heavy atom. The maximum Gasteiger partial charge on any atom is 0.323 e. The minimum absolute atomic E-state index is 0.178. The molecule has 3 unspecified atom stereocenters. The monoisotopic (exact) mass is 227 g/mol. The summed E-state index contributed by atoms with van der Waals surface area (Å²) < 4.78 is 5.39. The second-order valence-electron chi connectivity index (χ2n) is 5.24. The Morgan fingerprint density at radius 2 is 2.06 bits per heavy atom. The van der Waals surface area contributed by atoms with Gasteiger partial charge in [0.2, 0.25) is 0 Å². The molecule has 2 saturated carbocycles. The van der Waals surface area contributed by atoms with Crippen molar-refractivity contribution < 1.29 is 14.6 Å². The molecule has 0 radical (unpaired) electrons. The van der Waals surface area contributed by atoms with Crippen molar-refractivity contribution in [2.75, 3.05) is 7.11 Å². The molecular formula is C12H21NO3. The number of carboxylic acids is 1. The molecule has 0 aromatic carbocycles. The first-order chi connectivity index (χ1) is 7.58. The van der Waals surface area contributed by atoms with E-state index in [0.29, 0.717) is 5.92 Å². The molecule has 0 aromatic rings. The fourth-order valence-corrected chi connectivity index (χ4v) is 2.77. The average Bonchev–Trinajstić information content (AvgIpc) is 3.01. The van der Waals surface area contributed by atoms with Crippen molar-refractivity contribution in [1.29, 1.82) is 0 Å². The van der Waals surface area contributed by atoms with Crippen molar-refractivity contribution >= 4 is 5.97 Å². The van der Waals surface area contributed by atoms with Crippen LogP contribution in [0.5, 0.6) is 0 Å². The average molecular weight is 227 g/mol. The maximum atomic E-state index is 11.4. The van der Waals surface area contributed by atoms with E-state index in [0.717, 1.165) is 32.1 Å². The fourth-order valence-electron chi connectivity index (χ4n) is 2.77. The van der Waals surface area contributed by atoms with Gasteiger partial charge in [0.05, 0.1) is 6.10 Å². The summed E-state index contributed by atoms with van der Waals surface area (Å²) in [5.74, 6) is -0.431. The smallest absolute Gasteiger partial charge is 0.323 e. The van der Waals surface area contributed by atoms with Crippen molar-refractivity contribution in [2.24, 2.45) is 5.92 Å². The van der Waals surface area contributed by atoms with Crippen molar-refractivity contribution in [3.8, 4) is 0 Å². The van der Waals surface area contributed by atoms with Crippen LogP contribution < -0.4 is 5.32 Å². The lowest BCUT2D eigenvalue weighted by Crippen LogP contribution is -2.57.